The molecule has 6 heteroatoms. The van der Waals surface area contributed by atoms with Gasteiger partial charge >= 0.3 is 5.97 Å². The first-order chi connectivity index (χ1) is 10.0. The first-order valence-electron chi connectivity index (χ1n) is 6.87. The molecule has 2 rings (SSSR count). The molecule has 1 aromatic rings. The Balaban J connectivity index is 2.14. The van der Waals surface area contributed by atoms with Crippen LogP contribution in [0.25, 0.3) is 0 Å². The Labute approximate surface area is 122 Å². The van der Waals surface area contributed by atoms with Crippen molar-refractivity contribution in [1.29, 1.82) is 0 Å². The van der Waals surface area contributed by atoms with Crippen molar-refractivity contribution < 1.29 is 23.8 Å². The molecule has 2 N–H and O–H groups in total. The number of amides is 1. The van der Waals surface area contributed by atoms with Crippen molar-refractivity contribution in [1.82, 2.24) is 5.32 Å². The molecule has 1 fully saturated rings. The molecule has 0 spiro atoms. The predicted octanol–water partition coefficient (Wildman–Crippen LogP) is 1.74. The Bertz CT molecular complexity index is 540. The SMILES string of the molecule is Cc1c(F)cccc1C(=O)NC(C(=O)O)C1CCCOC1. The minimum absolute atomic E-state index is 0.151. The summed E-state index contributed by atoms with van der Waals surface area (Å²) in [6, 6.07) is 3.14. The summed E-state index contributed by atoms with van der Waals surface area (Å²) in [4.78, 5) is 23.6. The number of nitrogens with one attached hydrogen (secondary N) is 1. The van der Waals surface area contributed by atoms with E-state index in [1.807, 2.05) is 0 Å². The molecule has 1 saturated heterocycles. The molecule has 0 radical (unpaired) electrons. The number of halogens is 1. The van der Waals surface area contributed by atoms with Crippen molar-refractivity contribution in [3.05, 3.63) is 35.1 Å². The minimum atomic E-state index is -1.10. The van der Waals surface area contributed by atoms with Crippen LogP contribution in [0.1, 0.15) is 28.8 Å². The Morgan fingerprint density at radius 1 is 1.48 bits per heavy atom. The molecule has 1 amide bonds. The summed E-state index contributed by atoms with van der Waals surface area (Å²) in [5, 5.41) is 11.8. The lowest BCUT2D eigenvalue weighted by molar-refractivity contribution is -0.142. The van der Waals surface area contributed by atoms with Crippen LogP contribution in [0.5, 0.6) is 0 Å². The van der Waals surface area contributed by atoms with Crippen LogP contribution in [0, 0.1) is 18.7 Å². The van der Waals surface area contributed by atoms with Gasteiger partial charge in [-0.1, -0.05) is 6.07 Å². The molecule has 5 nitrogen and oxygen atoms in total. The summed E-state index contributed by atoms with van der Waals surface area (Å²) >= 11 is 0. The van der Waals surface area contributed by atoms with Crippen molar-refractivity contribution in [3.8, 4) is 0 Å². The maximum Gasteiger partial charge on any atom is 0.326 e. The Morgan fingerprint density at radius 2 is 2.24 bits per heavy atom. The van der Waals surface area contributed by atoms with Gasteiger partial charge in [-0.25, -0.2) is 9.18 Å². The molecule has 1 aliphatic rings. The van der Waals surface area contributed by atoms with E-state index >= 15 is 0 Å². The van der Waals surface area contributed by atoms with Gasteiger partial charge < -0.3 is 15.2 Å². The van der Waals surface area contributed by atoms with Gasteiger partial charge in [0.15, 0.2) is 0 Å². The van der Waals surface area contributed by atoms with E-state index in [9.17, 15) is 19.1 Å². The second-order valence-electron chi connectivity index (χ2n) is 5.18. The normalized spacial score (nSPS) is 19.8. The topological polar surface area (TPSA) is 75.6 Å². The number of carbonyl (C=O) groups is 2. The number of carboxylic acid groups (broad SMARTS) is 1. The summed E-state index contributed by atoms with van der Waals surface area (Å²) in [5.41, 5.74) is 0.358. The largest absolute Gasteiger partial charge is 0.480 e. The summed E-state index contributed by atoms with van der Waals surface area (Å²) < 4.78 is 18.7. The van der Waals surface area contributed by atoms with Crippen molar-refractivity contribution in [3.63, 3.8) is 0 Å². The molecule has 0 aliphatic carbocycles. The lowest BCUT2D eigenvalue weighted by Gasteiger charge is -2.28. The second kappa shape index (κ2) is 6.67. The summed E-state index contributed by atoms with van der Waals surface area (Å²) in [5.74, 6) is -2.44. The molecule has 0 aromatic heterocycles. The van der Waals surface area contributed by atoms with Crippen LogP contribution in [0.2, 0.25) is 0 Å². The van der Waals surface area contributed by atoms with Gasteiger partial charge in [0.2, 0.25) is 0 Å². The number of rotatable bonds is 4. The molecular formula is C15H18FNO4. The van der Waals surface area contributed by atoms with Crippen LogP contribution in [0.4, 0.5) is 4.39 Å². The summed E-state index contributed by atoms with van der Waals surface area (Å²) in [7, 11) is 0. The monoisotopic (exact) mass is 295 g/mol. The number of carbonyl (C=O) groups excluding carboxylic acids is 1. The zero-order valence-corrected chi connectivity index (χ0v) is 11.8. The number of hydrogen-bond donors (Lipinski definition) is 2. The second-order valence-corrected chi connectivity index (χ2v) is 5.18. The highest BCUT2D eigenvalue weighted by atomic mass is 19.1. The highest BCUT2D eigenvalue weighted by Crippen LogP contribution is 2.19. The van der Waals surface area contributed by atoms with E-state index in [0.717, 1.165) is 6.42 Å². The van der Waals surface area contributed by atoms with E-state index in [2.05, 4.69) is 5.32 Å². The molecular weight excluding hydrogens is 277 g/mol. The molecule has 0 saturated carbocycles. The van der Waals surface area contributed by atoms with Gasteiger partial charge in [-0.3, -0.25) is 4.79 Å². The van der Waals surface area contributed by atoms with E-state index < -0.39 is 23.7 Å². The first kappa shape index (κ1) is 15.4. The third-order valence-corrected chi connectivity index (χ3v) is 3.73. The zero-order valence-electron chi connectivity index (χ0n) is 11.8. The highest BCUT2D eigenvalue weighted by Gasteiger charge is 2.31. The summed E-state index contributed by atoms with van der Waals surface area (Å²) in [6.45, 7) is 2.41. The lowest BCUT2D eigenvalue weighted by Crippen LogP contribution is -2.48. The molecule has 21 heavy (non-hydrogen) atoms. The number of benzene rings is 1. The average molecular weight is 295 g/mol. The lowest BCUT2D eigenvalue weighted by atomic mass is 9.93. The van der Waals surface area contributed by atoms with Crippen LogP contribution in [-0.2, 0) is 9.53 Å². The predicted molar refractivity (Wildman–Crippen MR) is 73.6 cm³/mol. The van der Waals surface area contributed by atoms with Gasteiger partial charge in [0, 0.05) is 18.1 Å². The van der Waals surface area contributed by atoms with E-state index in [1.165, 1.54) is 25.1 Å². The fraction of sp³-hybridized carbons (Fsp3) is 0.467. The zero-order chi connectivity index (χ0) is 15.4. The van der Waals surface area contributed by atoms with Gasteiger partial charge in [0.25, 0.3) is 5.91 Å². The van der Waals surface area contributed by atoms with Crippen LogP contribution in [-0.4, -0.2) is 36.2 Å². The standard InChI is InChI=1S/C15H18FNO4/c1-9-11(5-2-6-12(9)16)14(18)17-13(15(19)20)10-4-3-7-21-8-10/h2,5-6,10,13H,3-4,7-8H2,1H3,(H,17,18)(H,19,20). The van der Waals surface area contributed by atoms with E-state index in [1.54, 1.807) is 0 Å². The van der Waals surface area contributed by atoms with Crippen molar-refractivity contribution in [2.75, 3.05) is 13.2 Å². The molecule has 1 heterocycles. The van der Waals surface area contributed by atoms with Crippen LogP contribution >= 0.6 is 0 Å². The van der Waals surface area contributed by atoms with Crippen molar-refractivity contribution >= 4 is 11.9 Å². The first-order valence-corrected chi connectivity index (χ1v) is 6.87. The fourth-order valence-electron chi connectivity index (χ4n) is 2.48. The van der Waals surface area contributed by atoms with E-state index in [0.29, 0.717) is 19.6 Å². The number of carboxylic acids is 1. The molecule has 1 aliphatic heterocycles. The third-order valence-electron chi connectivity index (χ3n) is 3.73. The van der Waals surface area contributed by atoms with E-state index in [-0.39, 0.29) is 17.0 Å². The molecule has 2 unspecified atom stereocenters. The Kier molecular flexibility index (Phi) is 4.90. The fourth-order valence-corrected chi connectivity index (χ4v) is 2.48. The van der Waals surface area contributed by atoms with Crippen molar-refractivity contribution in [2.45, 2.75) is 25.8 Å². The van der Waals surface area contributed by atoms with E-state index in [4.69, 9.17) is 4.74 Å². The smallest absolute Gasteiger partial charge is 0.326 e. The van der Waals surface area contributed by atoms with Crippen molar-refractivity contribution in [2.24, 2.45) is 5.92 Å². The van der Waals surface area contributed by atoms with Gasteiger partial charge in [-0.15, -0.1) is 0 Å². The number of ether oxygens (including phenoxy) is 1. The molecule has 1 aromatic carbocycles. The Morgan fingerprint density at radius 3 is 2.86 bits per heavy atom. The van der Waals surface area contributed by atoms with Gasteiger partial charge in [-0.2, -0.15) is 0 Å². The summed E-state index contributed by atoms with van der Waals surface area (Å²) in [6.07, 6.45) is 1.45. The molecule has 0 bridgehead atoms. The number of hydrogen-bond acceptors (Lipinski definition) is 3. The Hall–Kier alpha value is -1.95. The maximum absolute atomic E-state index is 13.5. The van der Waals surface area contributed by atoms with Crippen LogP contribution in [0.15, 0.2) is 18.2 Å². The van der Waals surface area contributed by atoms with Crippen LogP contribution in [0.3, 0.4) is 0 Å². The quantitative estimate of drug-likeness (QED) is 0.887. The minimum Gasteiger partial charge on any atom is -0.480 e. The van der Waals surface area contributed by atoms with Gasteiger partial charge in [-0.05, 0) is 37.5 Å². The molecule has 114 valence electrons. The van der Waals surface area contributed by atoms with Gasteiger partial charge in [0.05, 0.1) is 6.61 Å². The molecule has 2 atom stereocenters. The third kappa shape index (κ3) is 3.58. The highest BCUT2D eigenvalue weighted by molar-refractivity contribution is 5.97. The van der Waals surface area contributed by atoms with Crippen LogP contribution < -0.4 is 5.32 Å². The maximum atomic E-state index is 13.5. The van der Waals surface area contributed by atoms with Gasteiger partial charge in [0.1, 0.15) is 11.9 Å². The number of aliphatic carboxylic acids is 1. The average Bonchev–Trinajstić information content (AvgIpc) is 2.48.